The number of piperidine rings is 1. The molecule has 206 valence electrons. The van der Waals surface area contributed by atoms with Gasteiger partial charge >= 0.3 is 0 Å². The van der Waals surface area contributed by atoms with Crippen LogP contribution in [-0.4, -0.2) is 32.1 Å². The SMILES string of the molecule is CC1CCC(Cn2c(N3CCCC(C)C3c3ccccc3)nc3nc(C#N)nc(N[C@H](C)C4CCC4)c32)CC1. The molecule has 1 aromatic carbocycles. The van der Waals surface area contributed by atoms with Gasteiger partial charge < -0.3 is 14.8 Å². The summed E-state index contributed by atoms with van der Waals surface area (Å²) in [4.78, 5) is 17.2. The van der Waals surface area contributed by atoms with Crippen LogP contribution >= 0.6 is 0 Å². The molecule has 3 fully saturated rings. The fraction of sp³-hybridized carbons (Fsp3) is 0.625. The number of aromatic nitrogens is 4. The fourth-order valence-corrected chi connectivity index (χ4v) is 7.18. The molecule has 39 heavy (non-hydrogen) atoms. The van der Waals surface area contributed by atoms with Gasteiger partial charge in [0.1, 0.15) is 11.6 Å². The van der Waals surface area contributed by atoms with E-state index in [1.807, 2.05) is 0 Å². The minimum absolute atomic E-state index is 0.195. The molecule has 7 nitrogen and oxygen atoms in total. The molecule has 1 aliphatic heterocycles. The lowest BCUT2D eigenvalue weighted by Gasteiger charge is -2.41. The smallest absolute Gasteiger partial charge is 0.236 e. The van der Waals surface area contributed by atoms with Crippen LogP contribution in [0.25, 0.3) is 11.2 Å². The van der Waals surface area contributed by atoms with Gasteiger partial charge in [-0.3, -0.25) is 0 Å². The molecular weight excluding hydrogens is 482 g/mol. The molecule has 2 saturated carbocycles. The first-order valence-electron chi connectivity index (χ1n) is 15.3. The van der Waals surface area contributed by atoms with Gasteiger partial charge in [-0.15, -0.1) is 0 Å². The second-order valence-corrected chi connectivity index (χ2v) is 12.6. The predicted octanol–water partition coefficient (Wildman–Crippen LogP) is 7.10. The number of hydrogen-bond acceptors (Lipinski definition) is 6. The van der Waals surface area contributed by atoms with E-state index in [1.165, 1.54) is 56.9 Å². The molecule has 2 aromatic heterocycles. The quantitative estimate of drug-likeness (QED) is 0.354. The minimum Gasteiger partial charge on any atom is -0.365 e. The van der Waals surface area contributed by atoms with E-state index in [0.29, 0.717) is 29.4 Å². The molecule has 1 saturated heterocycles. The number of hydrogen-bond donors (Lipinski definition) is 1. The molecule has 3 atom stereocenters. The first kappa shape index (κ1) is 26.1. The number of nitrogens with one attached hydrogen (secondary N) is 1. The van der Waals surface area contributed by atoms with Crippen LogP contribution in [0.1, 0.15) is 96.0 Å². The van der Waals surface area contributed by atoms with Crippen LogP contribution in [0.15, 0.2) is 30.3 Å². The molecule has 3 aliphatic rings. The van der Waals surface area contributed by atoms with Gasteiger partial charge in [0.2, 0.25) is 11.8 Å². The van der Waals surface area contributed by atoms with Crippen molar-refractivity contribution in [2.75, 3.05) is 16.8 Å². The van der Waals surface area contributed by atoms with Crippen molar-refractivity contribution in [2.24, 2.45) is 23.7 Å². The Hall–Kier alpha value is -3.14. The van der Waals surface area contributed by atoms with Crippen molar-refractivity contribution >= 4 is 22.9 Å². The van der Waals surface area contributed by atoms with Crippen molar-refractivity contribution in [1.82, 2.24) is 19.5 Å². The van der Waals surface area contributed by atoms with E-state index in [2.05, 4.69) is 76.9 Å². The summed E-state index contributed by atoms with van der Waals surface area (Å²) in [6.07, 6.45) is 11.2. The summed E-state index contributed by atoms with van der Waals surface area (Å²) in [6, 6.07) is 13.7. The average molecular weight is 526 g/mol. The summed E-state index contributed by atoms with van der Waals surface area (Å²) in [7, 11) is 0. The zero-order valence-corrected chi connectivity index (χ0v) is 23.8. The number of nitrogens with zero attached hydrogens (tertiary/aromatic N) is 6. The molecule has 0 radical (unpaired) electrons. The van der Waals surface area contributed by atoms with E-state index >= 15 is 0 Å². The van der Waals surface area contributed by atoms with Gasteiger partial charge in [0, 0.05) is 19.1 Å². The third-order valence-electron chi connectivity index (χ3n) is 9.81. The van der Waals surface area contributed by atoms with Crippen LogP contribution in [-0.2, 0) is 6.54 Å². The second-order valence-electron chi connectivity index (χ2n) is 12.6. The molecule has 3 heterocycles. The summed E-state index contributed by atoms with van der Waals surface area (Å²) in [5.74, 6) is 4.56. The largest absolute Gasteiger partial charge is 0.365 e. The van der Waals surface area contributed by atoms with Crippen molar-refractivity contribution in [3.05, 3.63) is 41.7 Å². The van der Waals surface area contributed by atoms with E-state index < -0.39 is 0 Å². The summed E-state index contributed by atoms with van der Waals surface area (Å²) in [5.41, 5.74) is 2.96. The Morgan fingerprint density at radius 3 is 2.44 bits per heavy atom. The summed E-state index contributed by atoms with van der Waals surface area (Å²) in [5, 5.41) is 13.5. The number of rotatable bonds is 7. The van der Waals surface area contributed by atoms with Gasteiger partial charge in [0.15, 0.2) is 11.5 Å². The summed E-state index contributed by atoms with van der Waals surface area (Å²) in [6.45, 7) is 8.91. The Balaban J connectivity index is 1.48. The highest BCUT2D eigenvalue weighted by Gasteiger charge is 2.35. The van der Waals surface area contributed by atoms with Crippen molar-refractivity contribution in [3.63, 3.8) is 0 Å². The Kier molecular flexibility index (Phi) is 7.47. The second kappa shape index (κ2) is 11.2. The molecule has 7 heteroatoms. The highest BCUT2D eigenvalue weighted by atomic mass is 15.4. The van der Waals surface area contributed by atoms with E-state index in [9.17, 15) is 5.26 Å². The van der Waals surface area contributed by atoms with Crippen molar-refractivity contribution in [2.45, 2.75) is 97.2 Å². The van der Waals surface area contributed by atoms with Crippen LogP contribution in [0.2, 0.25) is 0 Å². The molecule has 0 spiro atoms. The van der Waals surface area contributed by atoms with Crippen molar-refractivity contribution in [3.8, 4) is 6.07 Å². The van der Waals surface area contributed by atoms with Crippen molar-refractivity contribution < 1.29 is 0 Å². The Morgan fingerprint density at radius 1 is 0.974 bits per heavy atom. The first-order chi connectivity index (χ1) is 19.0. The van der Waals surface area contributed by atoms with Gasteiger partial charge in [-0.2, -0.15) is 20.2 Å². The Morgan fingerprint density at radius 2 is 1.74 bits per heavy atom. The van der Waals surface area contributed by atoms with Crippen molar-refractivity contribution in [1.29, 1.82) is 5.26 Å². The van der Waals surface area contributed by atoms with Crippen LogP contribution in [0.5, 0.6) is 0 Å². The molecule has 1 N–H and O–H groups in total. The summed E-state index contributed by atoms with van der Waals surface area (Å²) >= 11 is 0. The molecule has 0 amide bonds. The maximum atomic E-state index is 9.81. The number of anilines is 2. The lowest BCUT2D eigenvalue weighted by molar-refractivity contribution is 0.264. The van der Waals surface area contributed by atoms with Crippen LogP contribution < -0.4 is 10.2 Å². The predicted molar refractivity (Wildman–Crippen MR) is 157 cm³/mol. The maximum absolute atomic E-state index is 9.81. The number of fused-ring (bicyclic) bond motifs is 1. The van der Waals surface area contributed by atoms with Gasteiger partial charge in [0.25, 0.3) is 0 Å². The topological polar surface area (TPSA) is 82.7 Å². The van der Waals surface area contributed by atoms with Gasteiger partial charge in [-0.05, 0) is 74.7 Å². The molecule has 0 bridgehead atoms. The monoisotopic (exact) mass is 525 g/mol. The zero-order chi connectivity index (χ0) is 26.9. The van der Waals surface area contributed by atoms with E-state index in [1.54, 1.807) is 0 Å². The number of imidazole rings is 1. The molecule has 2 aliphatic carbocycles. The molecular formula is C32H43N7. The maximum Gasteiger partial charge on any atom is 0.236 e. The lowest BCUT2D eigenvalue weighted by atomic mass is 9.80. The number of benzene rings is 1. The fourth-order valence-electron chi connectivity index (χ4n) is 7.18. The third-order valence-corrected chi connectivity index (χ3v) is 9.81. The van der Waals surface area contributed by atoms with E-state index in [-0.39, 0.29) is 11.9 Å². The van der Waals surface area contributed by atoms with Gasteiger partial charge in [-0.25, -0.2) is 0 Å². The standard InChI is InChI=1S/C32H43N7/c1-21-14-16-24(17-15-21)20-39-29-30(34-23(3)25-12-7-13-25)35-27(19-33)36-31(29)37-32(39)38-18-8-9-22(2)28(38)26-10-5-4-6-11-26/h4-6,10-11,21-25,28H,7-9,12-18,20H2,1-3H3,(H,34,35,36)/t21?,22?,23-,24?,28?/m1/s1. The average Bonchev–Trinajstić information content (AvgIpc) is 3.27. The van der Waals surface area contributed by atoms with Crippen LogP contribution in [0.4, 0.5) is 11.8 Å². The Labute approximate surface area is 233 Å². The number of nitriles is 1. The molecule has 2 unspecified atom stereocenters. The zero-order valence-electron chi connectivity index (χ0n) is 23.8. The van der Waals surface area contributed by atoms with E-state index in [4.69, 9.17) is 9.97 Å². The lowest BCUT2D eigenvalue weighted by Crippen LogP contribution is -2.40. The van der Waals surface area contributed by atoms with Gasteiger partial charge in [0.05, 0.1) is 6.04 Å². The molecule has 3 aromatic rings. The summed E-state index contributed by atoms with van der Waals surface area (Å²) < 4.78 is 2.43. The van der Waals surface area contributed by atoms with Crippen LogP contribution in [0, 0.1) is 35.0 Å². The molecule has 6 rings (SSSR count). The highest BCUT2D eigenvalue weighted by Crippen LogP contribution is 2.42. The normalized spacial score (nSPS) is 26.7. The minimum atomic E-state index is 0.195. The third kappa shape index (κ3) is 5.23. The van der Waals surface area contributed by atoms with Gasteiger partial charge in [-0.1, -0.05) is 63.4 Å². The van der Waals surface area contributed by atoms with E-state index in [0.717, 1.165) is 42.7 Å². The first-order valence-corrected chi connectivity index (χ1v) is 15.3. The highest BCUT2D eigenvalue weighted by molar-refractivity contribution is 5.86. The van der Waals surface area contributed by atoms with Crippen LogP contribution in [0.3, 0.4) is 0 Å². The Bertz CT molecular complexity index is 1310.